The summed E-state index contributed by atoms with van der Waals surface area (Å²) in [5.74, 6) is 0.0903. The van der Waals surface area contributed by atoms with Gasteiger partial charge in [-0.15, -0.1) is 0 Å². The fraction of sp³-hybridized carbons (Fsp3) is 0.190. The first-order valence-corrected chi connectivity index (χ1v) is 9.31. The van der Waals surface area contributed by atoms with Gasteiger partial charge in [-0.05, 0) is 29.8 Å². The van der Waals surface area contributed by atoms with E-state index in [2.05, 4.69) is 10.4 Å². The van der Waals surface area contributed by atoms with E-state index in [1.807, 2.05) is 0 Å². The molecule has 2 heterocycles. The van der Waals surface area contributed by atoms with Gasteiger partial charge in [0.15, 0.2) is 6.61 Å². The third-order valence-electron chi connectivity index (χ3n) is 4.71. The maximum absolute atomic E-state index is 12.7. The summed E-state index contributed by atoms with van der Waals surface area (Å²) < 4.78 is 45.0. The number of nitrogens with one attached hydrogen (secondary N) is 1. The number of fused-ring (bicyclic) bond motifs is 1. The summed E-state index contributed by atoms with van der Waals surface area (Å²) in [6, 6.07) is 13.2. The lowest BCUT2D eigenvalue weighted by atomic mass is 10.1. The van der Waals surface area contributed by atoms with Crippen molar-refractivity contribution in [1.29, 1.82) is 0 Å². The van der Waals surface area contributed by atoms with E-state index in [1.165, 1.54) is 27.9 Å². The van der Waals surface area contributed by atoms with Crippen molar-refractivity contribution in [3.8, 4) is 5.75 Å². The van der Waals surface area contributed by atoms with Crippen LogP contribution < -0.4 is 15.0 Å². The maximum atomic E-state index is 12.7. The van der Waals surface area contributed by atoms with Gasteiger partial charge in [-0.25, -0.2) is 4.68 Å². The van der Waals surface area contributed by atoms with Gasteiger partial charge in [0.1, 0.15) is 18.1 Å². The van der Waals surface area contributed by atoms with Gasteiger partial charge in [0.05, 0.1) is 24.0 Å². The van der Waals surface area contributed by atoms with Gasteiger partial charge in [0, 0.05) is 6.07 Å². The number of benzene rings is 2. The Labute approximate surface area is 175 Å². The lowest BCUT2D eigenvalue weighted by molar-refractivity contribution is -0.137. The van der Waals surface area contributed by atoms with Crippen LogP contribution in [-0.4, -0.2) is 34.7 Å². The largest absolute Gasteiger partial charge is 0.482 e. The van der Waals surface area contributed by atoms with E-state index in [0.29, 0.717) is 22.8 Å². The summed E-state index contributed by atoms with van der Waals surface area (Å²) >= 11 is 0. The van der Waals surface area contributed by atoms with Gasteiger partial charge in [0.2, 0.25) is 5.91 Å². The predicted octanol–water partition coefficient (Wildman–Crippen LogP) is 3.31. The molecule has 0 radical (unpaired) electrons. The minimum absolute atomic E-state index is 0.157. The van der Waals surface area contributed by atoms with Crippen LogP contribution in [0.4, 0.5) is 24.7 Å². The predicted molar refractivity (Wildman–Crippen MR) is 106 cm³/mol. The van der Waals surface area contributed by atoms with E-state index in [0.717, 1.165) is 12.1 Å². The zero-order valence-corrected chi connectivity index (χ0v) is 16.1. The minimum atomic E-state index is -4.40. The number of carbonyl (C=O) groups excluding carboxylic acids is 2. The molecule has 1 aliphatic heterocycles. The molecule has 160 valence electrons. The average Bonchev–Trinajstić information content (AvgIpc) is 3.16. The number of nitrogens with zero attached hydrogens (tertiary/aromatic N) is 3. The Balaban J connectivity index is 1.44. The minimum Gasteiger partial charge on any atom is -0.482 e. The van der Waals surface area contributed by atoms with Crippen LogP contribution in [0.1, 0.15) is 11.1 Å². The fourth-order valence-corrected chi connectivity index (χ4v) is 3.19. The van der Waals surface area contributed by atoms with Gasteiger partial charge in [-0.1, -0.05) is 24.3 Å². The van der Waals surface area contributed by atoms with Crippen molar-refractivity contribution >= 4 is 23.3 Å². The molecule has 0 saturated carbocycles. The summed E-state index contributed by atoms with van der Waals surface area (Å²) in [5, 5.41) is 6.80. The summed E-state index contributed by atoms with van der Waals surface area (Å²) in [7, 11) is 0. The molecule has 1 aliphatic rings. The molecule has 3 aromatic rings. The standard InChI is InChI=1S/C21H17F3N4O3/c22-21(23,24)15-7-5-14(6-8-15)11-28-18(9-10-25-28)26-19(29)12-27-16-3-1-2-4-17(16)31-13-20(27)30/h1-10H,11-13H2,(H,26,29). The Bertz CT molecular complexity index is 1110. The van der Waals surface area contributed by atoms with Crippen LogP contribution in [0, 0.1) is 0 Å². The maximum Gasteiger partial charge on any atom is 0.416 e. The smallest absolute Gasteiger partial charge is 0.416 e. The zero-order chi connectivity index (χ0) is 22.0. The molecule has 0 saturated heterocycles. The van der Waals surface area contributed by atoms with Crippen LogP contribution in [-0.2, 0) is 22.3 Å². The zero-order valence-electron chi connectivity index (χ0n) is 16.1. The lowest BCUT2D eigenvalue weighted by Crippen LogP contribution is -2.43. The Morgan fingerprint density at radius 2 is 1.84 bits per heavy atom. The number of carbonyl (C=O) groups is 2. The number of halogens is 3. The van der Waals surface area contributed by atoms with Crippen molar-refractivity contribution < 1.29 is 27.5 Å². The van der Waals surface area contributed by atoms with Crippen LogP contribution in [0.3, 0.4) is 0 Å². The Morgan fingerprint density at radius 3 is 2.58 bits per heavy atom. The molecular weight excluding hydrogens is 413 g/mol. The van der Waals surface area contributed by atoms with Crippen molar-refractivity contribution in [2.75, 3.05) is 23.4 Å². The van der Waals surface area contributed by atoms with Gasteiger partial charge < -0.3 is 10.1 Å². The van der Waals surface area contributed by atoms with Crippen LogP contribution >= 0.6 is 0 Å². The van der Waals surface area contributed by atoms with Crippen molar-refractivity contribution in [1.82, 2.24) is 9.78 Å². The van der Waals surface area contributed by atoms with Crippen molar-refractivity contribution in [2.45, 2.75) is 12.7 Å². The molecule has 0 unspecified atom stereocenters. The highest BCUT2D eigenvalue weighted by Gasteiger charge is 2.30. The van der Waals surface area contributed by atoms with E-state index in [-0.39, 0.29) is 25.6 Å². The number of amides is 2. The number of alkyl halides is 3. The second-order valence-corrected chi connectivity index (χ2v) is 6.85. The second-order valence-electron chi connectivity index (χ2n) is 6.85. The van der Waals surface area contributed by atoms with E-state index in [9.17, 15) is 22.8 Å². The van der Waals surface area contributed by atoms with E-state index >= 15 is 0 Å². The van der Waals surface area contributed by atoms with Gasteiger partial charge >= 0.3 is 6.18 Å². The fourth-order valence-electron chi connectivity index (χ4n) is 3.19. The molecule has 0 fully saturated rings. The monoisotopic (exact) mass is 430 g/mol. The summed E-state index contributed by atoms with van der Waals surface area (Å²) in [4.78, 5) is 26.1. The first-order valence-electron chi connectivity index (χ1n) is 9.31. The highest BCUT2D eigenvalue weighted by Crippen LogP contribution is 2.31. The third kappa shape index (κ3) is 4.52. The van der Waals surface area contributed by atoms with Crippen LogP contribution in [0.2, 0.25) is 0 Å². The van der Waals surface area contributed by atoms with Crippen molar-refractivity contribution in [3.05, 3.63) is 71.9 Å². The topological polar surface area (TPSA) is 76.5 Å². The first kappa shape index (κ1) is 20.5. The van der Waals surface area contributed by atoms with Crippen LogP contribution in [0.5, 0.6) is 5.75 Å². The first-order chi connectivity index (χ1) is 14.8. The highest BCUT2D eigenvalue weighted by atomic mass is 19.4. The molecule has 1 aromatic heterocycles. The van der Waals surface area contributed by atoms with Crippen molar-refractivity contribution in [3.63, 3.8) is 0 Å². The molecular formula is C21H17F3N4O3. The highest BCUT2D eigenvalue weighted by molar-refractivity contribution is 6.04. The van der Waals surface area contributed by atoms with Crippen LogP contribution in [0.25, 0.3) is 0 Å². The number of anilines is 2. The number of ether oxygens (including phenoxy) is 1. The molecule has 1 N–H and O–H groups in total. The molecule has 7 nitrogen and oxygen atoms in total. The van der Waals surface area contributed by atoms with E-state index in [1.54, 1.807) is 30.3 Å². The Kier molecular flexibility index (Phi) is 5.37. The molecule has 0 bridgehead atoms. The Morgan fingerprint density at radius 1 is 1.10 bits per heavy atom. The lowest BCUT2D eigenvalue weighted by Gasteiger charge is -2.28. The normalized spacial score (nSPS) is 13.5. The average molecular weight is 430 g/mol. The number of para-hydroxylation sites is 2. The quantitative estimate of drug-likeness (QED) is 0.674. The number of aromatic nitrogens is 2. The Hall–Kier alpha value is -3.82. The van der Waals surface area contributed by atoms with Gasteiger partial charge in [-0.3, -0.25) is 14.5 Å². The molecule has 0 atom stereocenters. The summed E-state index contributed by atoms with van der Waals surface area (Å²) in [6.07, 6.45) is -2.94. The molecule has 31 heavy (non-hydrogen) atoms. The molecule has 4 rings (SSSR count). The molecule has 2 aromatic carbocycles. The number of rotatable bonds is 5. The molecule has 0 aliphatic carbocycles. The molecule has 2 amide bonds. The second kappa shape index (κ2) is 8.13. The SMILES string of the molecule is O=C(CN1C(=O)COc2ccccc21)Nc1ccnn1Cc1ccc(C(F)(F)F)cc1. The summed E-state index contributed by atoms with van der Waals surface area (Å²) in [5.41, 5.74) is 0.359. The number of hydrogen-bond donors (Lipinski definition) is 1. The molecule has 10 heteroatoms. The van der Waals surface area contributed by atoms with Gasteiger partial charge in [-0.2, -0.15) is 18.3 Å². The number of hydrogen-bond acceptors (Lipinski definition) is 4. The summed E-state index contributed by atoms with van der Waals surface area (Å²) in [6.45, 7) is -0.207. The van der Waals surface area contributed by atoms with Crippen molar-refractivity contribution in [2.24, 2.45) is 0 Å². The molecule has 0 spiro atoms. The third-order valence-corrected chi connectivity index (χ3v) is 4.71. The van der Waals surface area contributed by atoms with E-state index in [4.69, 9.17) is 4.74 Å². The van der Waals surface area contributed by atoms with Gasteiger partial charge in [0.25, 0.3) is 5.91 Å². The van der Waals surface area contributed by atoms with Crippen LogP contribution in [0.15, 0.2) is 60.8 Å². The van der Waals surface area contributed by atoms with E-state index < -0.39 is 17.6 Å².